The topological polar surface area (TPSA) is 75.7 Å². The van der Waals surface area contributed by atoms with E-state index in [1.165, 1.54) is 0 Å². The number of amides is 2. The van der Waals surface area contributed by atoms with Crippen molar-refractivity contribution in [2.24, 2.45) is 0 Å². The van der Waals surface area contributed by atoms with Crippen LogP contribution in [0.15, 0.2) is 42.5 Å². The molecule has 1 N–H and O–H groups in total. The highest BCUT2D eigenvalue weighted by Crippen LogP contribution is 2.20. The van der Waals surface area contributed by atoms with Crippen LogP contribution >= 0.6 is 0 Å². The average Bonchev–Trinajstić information content (AvgIpc) is 2.53. The summed E-state index contributed by atoms with van der Waals surface area (Å²) in [6, 6.07) is 12.3. The molecule has 0 saturated carbocycles. The largest absolute Gasteiger partial charge is 0.383 e. The monoisotopic (exact) mass is 390 g/mol. The van der Waals surface area contributed by atoms with Crippen molar-refractivity contribution in [2.45, 2.75) is 40.3 Å². The molecule has 146 valence electrons. The van der Waals surface area contributed by atoms with Crippen LogP contribution < -0.4 is 9.50 Å². The number of anilines is 1. The van der Waals surface area contributed by atoms with Crippen LogP contribution in [0.5, 0.6) is 5.75 Å². The summed E-state index contributed by atoms with van der Waals surface area (Å²) < 4.78 is 27.5. The molecule has 0 aliphatic carbocycles. The van der Waals surface area contributed by atoms with Gasteiger partial charge in [0.25, 0.3) is 0 Å². The molecule has 0 heterocycles. The van der Waals surface area contributed by atoms with Crippen LogP contribution in [0.4, 0.5) is 10.5 Å². The van der Waals surface area contributed by atoms with Gasteiger partial charge in [0.05, 0.1) is 6.26 Å². The van der Waals surface area contributed by atoms with Crippen molar-refractivity contribution in [2.75, 3.05) is 11.6 Å². The normalized spacial score (nSPS) is 11.3. The maximum Gasteiger partial charge on any atom is 0.322 e. The van der Waals surface area contributed by atoms with Crippen LogP contribution in [-0.2, 0) is 16.7 Å². The number of hydrogen-bond acceptors (Lipinski definition) is 4. The van der Waals surface area contributed by atoms with Gasteiger partial charge in [0.15, 0.2) is 0 Å². The molecule has 0 fully saturated rings. The predicted octanol–water partition coefficient (Wildman–Crippen LogP) is 4.08. The van der Waals surface area contributed by atoms with Crippen LogP contribution in [0.1, 0.15) is 30.5 Å². The van der Waals surface area contributed by atoms with E-state index < -0.39 is 10.1 Å². The lowest BCUT2D eigenvalue weighted by molar-refractivity contribution is 0.193. The molecule has 0 atom stereocenters. The number of carbonyl (C=O) groups excluding carboxylic acids is 1. The fourth-order valence-corrected chi connectivity index (χ4v) is 3.15. The first-order valence-electron chi connectivity index (χ1n) is 8.68. The third-order valence-corrected chi connectivity index (χ3v) is 4.50. The summed E-state index contributed by atoms with van der Waals surface area (Å²) in [4.78, 5) is 14.5. The quantitative estimate of drug-likeness (QED) is 0.754. The highest BCUT2D eigenvalue weighted by molar-refractivity contribution is 7.86. The Labute approximate surface area is 161 Å². The molecule has 2 aromatic carbocycles. The minimum Gasteiger partial charge on any atom is -0.383 e. The van der Waals surface area contributed by atoms with Gasteiger partial charge < -0.3 is 14.4 Å². The van der Waals surface area contributed by atoms with Crippen molar-refractivity contribution >= 4 is 21.8 Å². The zero-order valence-corrected chi connectivity index (χ0v) is 17.1. The first-order valence-corrected chi connectivity index (χ1v) is 10.5. The van der Waals surface area contributed by atoms with Gasteiger partial charge in [-0.3, -0.25) is 0 Å². The zero-order chi connectivity index (χ0) is 20.2. The third kappa shape index (κ3) is 6.29. The Morgan fingerprint density at radius 3 is 2.44 bits per heavy atom. The minimum absolute atomic E-state index is 0.0461. The Balaban J connectivity index is 2.17. The summed E-state index contributed by atoms with van der Waals surface area (Å²) in [6.45, 7) is 8.14. The maximum absolute atomic E-state index is 12.8. The number of carbonyl (C=O) groups is 1. The Kier molecular flexibility index (Phi) is 6.49. The zero-order valence-electron chi connectivity index (χ0n) is 16.3. The van der Waals surface area contributed by atoms with Crippen LogP contribution in [0, 0.1) is 13.8 Å². The second-order valence-corrected chi connectivity index (χ2v) is 8.48. The van der Waals surface area contributed by atoms with E-state index in [4.69, 9.17) is 4.18 Å². The van der Waals surface area contributed by atoms with Crippen LogP contribution in [0.3, 0.4) is 0 Å². The molecule has 6 nitrogen and oxygen atoms in total. The molecule has 0 aliphatic heterocycles. The SMILES string of the molecule is Cc1ccc(NC(=O)N(Cc2cccc(OS(C)(=O)=O)c2)C(C)C)c(C)c1. The molecular formula is C20H26N2O4S. The van der Waals surface area contributed by atoms with E-state index in [0.717, 1.165) is 28.6 Å². The smallest absolute Gasteiger partial charge is 0.322 e. The number of urea groups is 1. The predicted molar refractivity (Wildman–Crippen MR) is 108 cm³/mol. The lowest BCUT2D eigenvalue weighted by Crippen LogP contribution is -2.39. The van der Waals surface area contributed by atoms with Crippen molar-refractivity contribution in [3.63, 3.8) is 0 Å². The molecule has 0 spiro atoms. The summed E-state index contributed by atoms with van der Waals surface area (Å²) in [5.74, 6) is 0.230. The van der Waals surface area contributed by atoms with E-state index in [0.29, 0.717) is 6.54 Å². The lowest BCUT2D eigenvalue weighted by atomic mass is 10.1. The Bertz CT molecular complexity index is 923. The summed E-state index contributed by atoms with van der Waals surface area (Å²) in [5.41, 5.74) is 3.68. The molecule has 0 radical (unpaired) electrons. The molecule has 27 heavy (non-hydrogen) atoms. The first-order chi connectivity index (χ1) is 12.5. The fraction of sp³-hybridized carbons (Fsp3) is 0.350. The van der Waals surface area contributed by atoms with Gasteiger partial charge in [0.1, 0.15) is 5.75 Å². The van der Waals surface area contributed by atoms with E-state index in [1.54, 1.807) is 23.1 Å². The number of nitrogens with zero attached hydrogens (tertiary/aromatic N) is 1. The third-order valence-electron chi connectivity index (χ3n) is 4.01. The first kappa shape index (κ1) is 20.8. The van der Waals surface area contributed by atoms with E-state index in [-0.39, 0.29) is 17.8 Å². The van der Waals surface area contributed by atoms with Crippen LogP contribution in [-0.4, -0.2) is 31.6 Å². The van der Waals surface area contributed by atoms with Crippen LogP contribution in [0.2, 0.25) is 0 Å². The average molecular weight is 391 g/mol. The van der Waals surface area contributed by atoms with E-state index in [9.17, 15) is 13.2 Å². The highest BCUT2D eigenvalue weighted by Gasteiger charge is 2.18. The second kappa shape index (κ2) is 8.43. The molecule has 0 unspecified atom stereocenters. The fourth-order valence-electron chi connectivity index (χ4n) is 2.70. The number of hydrogen-bond donors (Lipinski definition) is 1. The molecule has 0 aromatic heterocycles. The summed E-state index contributed by atoms with van der Waals surface area (Å²) in [6.07, 6.45) is 0.997. The number of aryl methyl sites for hydroxylation is 2. The van der Waals surface area contributed by atoms with Gasteiger partial charge in [-0.2, -0.15) is 8.42 Å². The number of benzene rings is 2. The van der Waals surface area contributed by atoms with Gasteiger partial charge in [-0.1, -0.05) is 29.8 Å². The molecule has 2 amide bonds. The van der Waals surface area contributed by atoms with Crippen molar-refractivity contribution in [3.05, 3.63) is 59.2 Å². The Morgan fingerprint density at radius 1 is 1.15 bits per heavy atom. The molecule has 7 heteroatoms. The molecule has 0 saturated heterocycles. The van der Waals surface area contributed by atoms with Crippen molar-refractivity contribution in [3.8, 4) is 5.75 Å². The van der Waals surface area contributed by atoms with Gasteiger partial charge in [-0.25, -0.2) is 4.79 Å². The highest BCUT2D eigenvalue weighted by atomic mass is 32.2. The van der Waals surface area contributed by atoms with E-state index in [1.807, 2.05) is 52.0 Å². The standard InChI is InChI=1S/C20H26N2O4S/c1-14(2)22(20(23)21-19-10-9-15(3)11-16(19)4)13-17-7-6-8-18(12-17)26-27(5,24)25/h6-12,14H,13H2,1-5H3,(H,21,23). The van der Waals surface area contributed by atoms with Gasteiger partial charge in [0, 0.05) is 18.3 Å². The van der Waals surface area contributed by atoms with Gasteiger partial charge >= 0.3 is 16.1 Å². The molecular weight excluding hydrogens is 364 g/mol. The summed E-state index contributed by atoms with van der Waals surface area (Å²) >= 11 is 0. The summed E-state index contributed by atoms with van der Waals surface area (Å²) in [7, 11) is -3.60. The minimum atomic E-state index is -3.60. The van der Waals surface area contributed by atoms with Gasteiger partial charge in [0.2, 0.25) is 0 Å². The van der Waals surface area contributed by atoms with Crippen LogP contribution in [0.25, 0.3) is 0 Å². The van der Waals surface area contributed by atoms with E-state index >= 15 is 0 Å². The number of nitrogens with one attached hydrogen (secondary N) is 1. The second-order valence-electron chi connectivity index (χ2n) is 6.91. The Morgan fingerprint density at radius 2 is 1.85 bits per heavy atom. The van der Waals surface area contributed by atoms with E-state index in [2.05, 4.69) is 5.32 Å². The maximum atomic E-state index is 12.8. The molecule has 0 aliphatic rings. The molecule has 2 aromatic rings. The summed E-state index contributed by atoms with van der Waals surface area (Å²) in [5, 5.41) is 2.95. The van der Waals surface area contributed by atoms with Crippen molar-refractivity contribution in [1.29, 1.82) is 0 Å². The number of rotatable bonds is 6. The lowest BCUT2D eigenvalue weighted by Gasteiger charge is -2.27. The Hall–Kier alpha value is -2.54. The van der Waals surface area contributed by atoms with Crippen molar-refractivity contribution < 1.29 is 17.4 Å². The van der Waals surface area contributed by atoms with Crippen molar-refractivity contribution in [1.82, 2.24) is 4.90 Å². The van der Waals surface area contributed by atoms with Gasteiger partial charge in [-0.05, 0) is 57.0 Å². The molecule has 0 bridgehead atoms. The molecule has 2 rings (SSSR count). The van der Waals surface area contributed by atoms with Gasteiger partial charge in [-0.15, -0.1) is 0 Å².